The lowest BCUT2D eigenvalue weighted by molar-refractivity contribution is -0.141. The van der Waals surface area contributed by atoms with Crippen LogP contribution in [0.3, 0.4) is 0 Å². The van der Waals surface area contributed by atoms with Crippen molar-refractivity contribution >= 4 is 56.5 Å². The summed E-state index contributed by atoms with van der Waals surface area (Å²) < 4.78 is 29.9. The highest BCUT2D eigenvalue weighted by Gasteiger charge is 2.41. The molecule has 5 saturated heterocycles. The summed E-state index contributed by atoms with van der Waals surface area (Å²) in [6.45, 7) is 16.6. The molecule has 414 valence electrons. The van der Waals surface area contributed by atoms with Crippen LogP contribution in [0.5, 0.6) is 11.8 Å². The predicted octanol–water partition coefficient (Wildman–Crippen LogP) is 9.98. The van der Waals surface area contributed by atoms with Gasteiger partial charge in [0.2, 0.25) is 11.8 Å². The van der Waals surface area contributed by atoms with Gasteiger partial charge >= 0.3 is 6.01 Å². The Morgan fingerprint density at radius 1 is 0.911 bits per heavy atom. The maximum atomic E-state index is 17.2. The lowest BCUT2D eigenvalue weighted by Gasteiger charge is -2.37. The Morgan fingerprint density at radius 3 is 2.41 bits per heavy atom. The van der Waals surface area contributed by atoms with Gasteiger partial charge in [-0.2, -0.15) is 9.97 Å². The number of ether oxygens (including phenoxy) is 1. The number of carbonyl (C=O) groups excluding carboxylic acids is 2. The Hall–Kier alpha value is -6.76. The number of hydrogen-bond acceptors (Lipinski definition) is 15. The summed E-state index contributed by atoms with van der Waals surface area (Å²) in [6.07, 6.45) is 9.49. The topological polar surface area (TPSA) is 178 Å². The van der Waals surface area contributed by atoms with Gasteiger partial charge in [-0.3, -0.25) is 14.6 Å². The number of nitrogens with one attached hydrogen (secondary N) is 2. The normalized spacial score (nSPS) is 21.2. The highest BCUT2D eigenvalue weighted by Crippen LogP contribution is 2.40. The fraction of sp³-hybridized carbons (Fsp3) is 0.492. The first-order valence-corrected chi connectivity index (χ1v) is 29.6. The molecule has 18 heteroatoms. The van der Waals surface area contributed by atoms with Gasteiger partial charge in [-0.05, 0) is 123 Å². The number of halogens is 1. The van der Waals surface area contributed by atoms with Crippen LogP contribution < -0.4 is 25.2 Å². The molecule has 0 saturated carbocycles. The molecule has 12 rings (SSSR count). The van der Waals surface area contributed by atoms with Crippen molar-refractivity contribution in [2.75, 3.05) is 62.2 Å². The Bertz CT molecular complexity index is 3340. The Morgan fingerprint density at radius 2 is 1.68 bits per heavy atom. The molecule has 5 atom stereocenters. The molecule has 2 bridgehead atoms. The van der Waals surface area contributed by atoms with E-state index in [2.05, 4.69) is 54.5 Å². The highest BCUT2D eigenvalue weighted by atomic mass is 32.1. The smallest absolute Gasteiger partial charge is 0.319 e. The summed E-state index contributed by atoms with van der Waals surface area (Å²) >= 11 is 1.62. The van der Waals surface area contributed by atoms with Crippen molar-refractivity contribution in [3.8, 4) is 33.5 Å². The molecule has 4 aromatic heterocycles. The summed E-state index contributed by atoms with van der Waals surface area (Å²) in [6, 6.07) is 19.5. The Labute approximate surface area is 465 Å². The number of thiazole rings is 1. The monoisotopic (exact) mass is 1090 g/mol. The van der Waals surface area contributed by atoms with Crippen molar-refractivity contribution in [3.05, 3.63) is 101 Å². The third-order valence-corrected chi connectivity index (χ3v) is 18.5. The molecule has 79 heavy (non-hydrogen) atoms. The number of rotatable bonds is 15. The number of amides is 2. The van der Waals surface area contributed by atoms with Crippen molar-refractivity contribution in [3.63, 3.8) is 0 Å². The number of benzene rings is 3. The van der Waals surface area contributed by atoms with Crippen LogP contribution in [0.4, 0.5) is 16.0 Å². The lowest BCUT2D eigenvalue weighted by Crippen LogP contribution is -2.51. The SMILES string of the molecule is CCc1cccc2cc(O)cc(-c3ncc4c(N5CC6CCC(C5)N6)nc(OC5CCN(CC6CCN(c7cc([C@@H](C(=O)N8CCC[C@H]8C(=O)N[C@@H](C)c8ccc(-c9scnc9C)cc8)C(C)C)on7)CC6)CC5)nc4c3F)c12. The molecule has 7 aromatic rings. The van der Waals surface area contributed by atoms with Gasteiger partial charge in [-0.25, -0.2) is 9.37 Å². The fourth-order valence-electron chi connectivity index (χ4n) is 13.2. The van der Waals surface area contributed by atoms with Gasteiger partial charge in [0.1, 0.15) is 40.8 Å². The average Bonchev–Trinajstić information content (AvgIpc) is 4.45. The van der Waals surface area contributed by atoms with Crippen molar-refractivity contribution < 1.29 is 28.3 Å². The van der Waals surface area contributed by atoms with E-state index in [1.54, 1.807) is 34.6 Å². The summed E-state index contributed by atoms with van der Waals surface area (Å²) in [5.74, 6) is 1.09. The maximum absolute atomic E-state index is 17.2. The molecule has 3 N–H and O–H groups in total. The average molecular weight is 1090 g/mol. The molecule has 0 aliphatic carbocycles. The molecule has 5 aliphatic rings. The van der Waals surface area contributed by atoms with Gasteiger partial charge in [0, 0.05) is 82.3 Å². The highest BCUT2D eigenvalue weighted by molar-refractivity contribution is 7.13. The number of likely N-dealkylation sites (tertiary alicyclic amines) is 2. The number of piperidine rings is 2. The molecule has 0 radical (unpaired) electrons. The summed E-state index contributed by atoms with van der Waals surface area (Å²) in [5.41, 5.74) is 6.86. The zero-order valence-electron chi connectivity index (χ0n) is 46.0. The first kappa shape index (κ1) is 52.9. The van der Waals surface area contributed by atoms with E-state index in [0.717, 1.165) is 141 Å². The zero-order chi connectivity index (χ0) is 54.5. The number of piperazine rings is 1. The van der Waals surface area contributed by atoms with Crippen molar-refractivity contribution in [1.29, 1.82) is 0 Å². The van der Waals surface area contributed by atoms with E-state index >= 15 is 4.39 Å². The number of nitrogens with zero attached hydrogens (tertiary/aromatic N) is 9. The number of anilines is 2. The van der Waals surface area contributed by atoms with Gasteiger partial charge in [0.15, 0.2) is 17.4 Å². The van der Waals surface area contributed by atoms with E-state index in [0.29, 0.717) is 53.5 Å². The number of pyridine rings is 1. The molecule has 2 unspecified atom stereocenters. The third kappa shape index (κ3) is 10.8. The van der Waals surface area contributed by atoms with Crippen LogP contribution in [0.25, 0.3) is 43.4 Å². The van der Waals surface area contributed by atoms with Crippen LogP contribution in [0.1, 0.15) is 114 Å². The Balaban J connectivity index is 0.662. The van der Waals surface area contributed by atoms with E-state index in [9.17, 15) is 14.7 Å². The summed E-state index contributed by atoms with van der Waals surface area (Å²) in [4.78, 5) is 57.2. The molecule has 9 heterocycles. The van der Waals surface area contributed by atoms with Crippen molar-refractivity contribution in [1.82, 2.24) is 45.5 Å². The minimum Gasteiger partial charge on any atom is -0.508 e. The second-order valence-electron chi connectivity index (χ2n) is 23.1. The largest absolute Gasteiger partial charge is 0.508 e. The third-order valence-electron chi connectivity index (χ3n) is 17.5. The molecule has 3 aromatic carbocycles. The van der Waals surface area contributed by atoms with Crippen LogP contribution in [-0.2, 0) is 16.0 Å². The van der Waals surface area contributed by atoms with E-state index in [4.69, 9.17) is 24.2 Å². The summed E-state index contributed by atoms with van der Waals surface area (Å²) in [5, 5.41) is 24.5. The van der Waals surface area contributed by atoms with Crippen LogP contribution in [0.15, 0.2) is 76.9 Å². The minimum atomic E-state index is -0.561. The van der Waals surface area contributed by atoms with Gasteiger partial charge in [-0.15, -0.1) is 11.3 Å². The lowest BCUT2D eigenvalue weighted by atomic mass is 9.91. The van der Waals surface area contributed by atoms with Crippen LogP contribution in [-0.4, -0.2) is 128 Å². The first-order chi connectivity index (χ1) is 38.3. The second kappa shape index (κ2) is 22.4. The van der Waals surface area contributed by atoms with Gasteiger partial charge in [-0.1, -0.05) is 68.4 Å². The van der Waals surface area contributed by atoms with Crippen molar-refractivity contribution in [2.45, 2.75) is 129 Å². The van der Waals surface area contributed by atoms with Gasteiger partial charge in [0.25, 0.3) is 0 Å². The van der Waals surface area contributed by atoms with Gasteiger partial charge in [0.05, 0.1) is 27.5 Å². The van der Waals surface area contributed by atoms with E-state index in [1.807, 2.05) is 69.6 Å². The number of aryl methyl sites for hydroxylation is 2. The number of aromatic nitrogens is 5. The zero-order valence-corrected chi connectivity index (χ0v) is 46.8. The number of phenols is 1. The van der Waals surface area contributed by atoms with E-state index < -0.39 is 17.8 Å². The van der Waals surface area contributed by atoms with Gasteiger partial charge < -0.3 is 44.6 Å². The van der Waals surface area contributed by atoms with Crippen molar-refractivity contribution in [2.24, 2.45) is 11.8 Å². The fourth-order valence-corrected chi connectivity index (χ4v) is 14.0. The summed E-state index contributed by atoms with van der Waals surface area (Å²) in [7, 11) is 0. The number of phenolic OH excluding ortho intramolecular Hbond substituents is 1. The molecule has 5 aliphatic heterocycles. The number of aromatic hydroxyl groups is 1. The standard InChI is InChI=1S/C61H72FN11O5S/c1-6-39-9-7-10-42-27-45(74)28-47(53(39)42)55-54(62)56-48(30-63-55)58(72-32-43-16-17-44(33-72)66-43)68-61(67-56)77-46-20-23-70(24-21-46)31-38-18-25-71(26-19-38)51-29-50(78-69-51)52(35(2)3)60(76)73-22-8-11-49(73)59(75)65-36(4)40-12-14-41(15-13-40)57-37(5)64-34-79-57/h7,9-10,12-15,27-30,34-36,38,43-44,46,49,52,66,74H,6,8,11,16-26,31-33H2,1-5H3,(H,65,75)/t36-,43?,44?,49-,52-/m0/s1. The molecule has 0 spiro atoms. The minimum absolute atomic E-state index is 0.0493. The second-order valence-corrected chi connectivity index (χ2v) is 23.9. The van der Waals surface area contributed by atoms with Crippen LogP contribution in [0.2, 0.25) is 0 Å². The Kier molecular flexibility index (Phi) is 15.0. The predicted molar refractivity (Wildman–Crippen MR) is 306 cm³/mol. The molecule has 5 fully saturated rings. The number of fused-ring (bicyclic) bond motifs is 4. The number of carbonyl (C=O) groups is 2. The number of hydrogen-bond donors (Lipinski definition) is 3. The molecular formula is C61H72FN11O5S. The van der Waals surface area contributed by atoms with E-state index in [-0.39, 0.29) is 52.8 Å². The first-order valence-electron chi connectivity index (χ1n) is 28.7. The molecule has 16 nitrogen and oxygen atoms in total. The maximum Gasteiger partial charge on any atom is 0.319 e. The van der Waals surface area contributed by atoms with Crippen LogP contribution in [0, 0.1) is 24.6 Å². The molecule has 2 amide bonds. The van der Waals surface area contributed by atoms with E-state index in [1.165, 1.54) is 0 Å². The molecular weight excluding hydrogens is 1020 g/mol. The quantitative estimate of drug-likeness (QED) is 0.0884. The van der Waals surface area contributed by atoms with Crippen LogP contribution >= 0.6 is 11.3 Å².